The van der Waals surface area contributed by atoms with Crippen LogP contribution in [0.4, 0.5) is 0 Å². The number of rotatable bonds is 11. The Labute approximate surface area is 146 Å². The molecule has 0 rings (SSSR count). The minimum absolute atomic E-state index is 0.306. The van der Waals surface area contributed by atoms with Crippen molar-refractivity contribution in [1.82, 2.24) is 0 Å². The van der Waals surface area contributed by atoms with Crippen molar-refractivity contribution in [3.63, 3.8) is 0 Å². The molecule has 0 spiro atoms. The van der Waals surface area contributed by atoms with Crippen LogP contribution < -0.4 is 0 Å². The second kappa shape index (κ2) is 13.6. The Balaban J connectivity index is 4.32. The lowest BCUT2D eigenvalue weighted by Gasteiger charge is -2.14. The summed E-state index contributed by atoms with van der Waals surface area (Å²) in [7, 11) is 0. The minimum atomic E-state index is -0.306. The summed E-state index contributed by atoms with van der Waals surface area (Å²) < 4.78 is 4.90. The monoisotopic (exact) mass is 348 g/mol. The lowest BCUT2D eigenvalue weighted by molar-refractivity contribution is -0.137. The molecule has 0 amide bonds. The van der Waals surface area contributed by atoms with E-state index in [1.807, 2.05) is 6.08 Å². The van der Waals surface area contributed by atoms with E-state index in [4.69, 9.17) is 4.74 Å². The molecule has 0 aliphatic heterocycles. The summed E-state index contributed by atoms with van der Waals surface area (Å²) in [5, 5.41) is 0. The molecule has 0 bridgehead atoms. The first-order chi connectivity index (χ1) is 10.1. The maximum Gasteiger partial charge on any atom is 0.331 e. The molecule has 21 heavy (non-hydrogen) atoms. The molecular weight excluding hydrogens is 320 g/mol. The summed E-state index contributed by atoms with van der Waals surface area (Å²) in [6, 6.07) is 0. The summed E-state index contributed by atoms with van der Waals surface area (Å²) in [6.45, 7) is 4.41. The van der Waals surface area contributed by atoms with Gasteiger partial charge in [0, 0.05) is 11.8 Å². The Morgan fingerprint density at radius 1 is 1.19 bits per heavy atom. The lowest BCUT2D eigenvalue weighted by atomic mass is 9.96. The van der Waals surface area contributed by atoms with Crippen LogP contribution in [0.2, 0.25) is 0 Å². The van der Waals surface area contributed by atoms with E-state index in [-0.39, 0.29) is 5.97 Å². The molecule has 0 aromatic rings. The van der Waals surface area contributed by atoms with Crippen molar-refractivity contribution in [1.29, 1.82) is 0 Å². The Morgan fingerprint density at radius 3 is 2.43 bits per heavy atom. The number of carbonyl (C=O) groups is 1. The molecule has 0 aliphatic carbocycles. The molecule has 0 N–H and O–H groups in total. The highest BCUT2D eigenvalue weighted by molar-refractivity contribution is 7.80. The van der Waals surface area contributed by atoms with E-state index in [9.17, 15) is 4.79 Å². The van der Waals surface area contributed by atoms with Gasteiger partial charge < -0.3 is 4.74 Å². The normalized spacial score (nSPS) is 15.2. The molecule has 0 fully saturated rings. The fourth-order valence-corrected chi connectivity index (χ4v) is 2.50. The molecule has 0 saturated heterocycles. The lowest BCUT2D eigenvalue weighted by Crippen LogP contribution is -2.05. The first-order valence-corrected chi connectivity index (χ1v) is 9.33. The zero-order valence-corrected chi connectivity index (χ0v) is 15.7. The molecule has 2 unspecified atom stereocenters. The average Bonchev–Trinajstić information content (AvgIpc) is 2.49. The van der Waals surface area contributed by atoms with E-state index >= 15 is 0 Å². The van der Waals surface area contributed by atoms with Crippen molar-refractivity contribution in [2.45, 2.75) is 33.1 Å². The Hall–Kier alpha value is -0.000000000000000111. The van der Waals surface area contributed by atoms with Crippen LogP contribution in [0.15, 0.2) is 23.8 Å². The molecule has 2 atom stereocenters. The summed E-state index contributed by atoms with van der Waals surface area (Å²) >= 11 is 13.0. The number of thiol groups is 3. The molecule has 2 nitrogen and oxygen atoms in total. The van der Waals surface area contributed by atoms with Crippen LogP contribution in [-0.2, 0) is 9.53 Å². The summed E-state index contributed by atoms with van der Waals surface area (Å²) in [6.07, 6.45) is 8.88. The van der Waals surface area contributed by atoms with Gasteiger partial charge in [-0.1, -0.05) is 19.1 Å². The first-order valence-electron chi connectivity index (χ1n) is 7.43. The molecule has 0 aromatic carbocycles. The molecule has 0 heterocycles. The second-order valence-corrected chi connectivity index (χ2v) is 6.23. The number of esters is 1. The van der Waals surface area contributed by atoms with Crippen molar-refractivity contribution >= 4 is 43.9 Å². The number of hydrogen-bond donors (Lipinski definition) is 3. The summed E-state index contributed by atoms with van der Waals surface area (Å²) in [5.41, 5.74) is 0.874. The Morgan fingerprint density at radius 2 is 1.90 bits per heavy atom. The zero-order valence-electron chi connectivity index (χ0n) is 13.0. The van der Waals surface area contributed by atoms with Crippen molar-refractivity contribution in [2.24, 2.45) is 11.8 Å². The fourth-order valence-electron chi connectivity index (χ4n) is 1.79. The van der Waals surface area contributed by atoms with Crippen LogP contribution in [0.3, 0.4) is 0 Å². The predicted octanol–water partition coefficient (Wildman–Crippen LogP) is 4.24. The van der Waals surface area contributed by atoms with E-state index in [1.54, 1.807) is 6.92 Å². The van der Waals surface area contributed by atoms with Gasteiger partial charge in [0.1, 0.15) is 0 Å². The standard InChI is InChI=1S/C16H28O2S3/c1-3-18-16(17)9-15(12-21)6-4-5-14(11-20)8-7-13(2)10-19/h4,6,9,13-14,19-21H,3,5,7-8,10-12H2,1-2H3. The third kappa shape index (κ3) is 11.2. The topological polar surface area (TPSA) is 26.3 Å². The van der Waals surface area contributed by atoms with Gasteiger partial charge in [-0.25, -0.2) is 4.79 Å². The van der Waals surface area contributed by atoms with Gasteiger partial charge in [-0.3, -0.25) is 0 Å². The van der Waals surface area contributed by atoms with Gasteiger partial charge in [0.15, 0.2) is 0 Å². The number of ether oxygens (including phenoxy) is 1. The van der Waals surface area contributed by atoms with Crippen LogP contribution in [0.1, 0.15) is 33.1 Å². The van der Waals surface area contributed by atoms with Crippen molar-refractivity contribution in [3.05, 3.63) is 23.8 Å². The number of carbonyl (C=O) groups excluding carboxylic acids is 1. The predicted molar refractivity (Wildman–Crippen MR) is 102 cm³/mol. The molecule has 0 radical (unpaired) electrons. The quantitative estimate of drug-likeness (QED) is 0.225. The van der Waals surface area contributed by atoms with Crippen LogP contribution in [0, 0.1) is 11.8 Å². The number of hydrogen-bond acceptors (Lipinski definition) is 5. The molecule has 122 valence electrons. The highest BCUT2D eigenvalue weighted by atomic mass is 32.1. The second-order valence-electron chi connectivity index (χ2n) is 5.18. The van der Waals surface area contributed by atoms with Crippen molar-refractivity contribution in [3.8, 4) is 0 Å². The maximum absolute atomic E-state index is 11.4. The van der Waals surface area contributed by atoms with Crippen LogP contribution >= 0.6 is 37.9 Å². The molecule has 5 heteroatoms. The van der Waals surface area contributed by atoms with Gasteiger partial charge >= 0.3 is 5.97 Å². The van der Waals surface area contributed by atoms with E-state index in [0.29, 0.717) is 24.2 Å². The smallest absolute Gasteiger partial charge is 0.331 e. The van der Waals surface area contributed by atoms with Crippen LogP contribution in [-0.4, -0.2) is 29.8 Å². The molecular formula is C16H28O2S3. The highest BCUT2D eigenvalue weighted by Gasteiger charge is 2.07. The molecule has 0 saturated carbocycles. The van der Waals surface area contributed by atoms with E-state index < -0.39 is 0 Å². The van der Waals surface area contributed by atoms with Gasteiger partial charge in [-0.2, -0.15) is 37.9 Å². The minimum Gasteiger partial charge on any atom is -0.463 e. The Bertz CT molecular complexity index is 340. The fraction of sp³-hybridized carbons (Fsp3) is 0.688. The summed E-state index contributed by atoms with van der Waals surface area (Å²) in [5.74, 6) is 3.24. The van der Waals surface area contributed by atoms with Gasteiger partial charge in [0.25, 0.3) is 0 Å². The third-order valence-electron chi connectivity index (χ3n) is 3.21. The molecule has 0 aromatic heterocycles. The Kier molecular flexibility index (Phi) is 13.6. The maximum atomic E-state index is 11.4. The van der Waals surface area contributed by atoms with Crippen molar-refractivity contribution < 1.29 is 9.53 Å². The largest absolute Gasteiger partial charge is 0.463 e. The van der Waals surface area contributed by atoms with E-state index in [2.05, 4.69) is 50.9 Å². The average molecular weight is 349 g/mol. The first kappa shape index (κ1) is 21.0. The third-order valence-corrected chi connectivity index (χ3v) is 4.72. The van der Waals surface area contributed by atoms with Crippen molar-refractivity contribution in [2.75, 3.05) is 23.9 Å². The SMILES string of the molecule is CCOC(=O)C=C(C=CCC(CS)CCC(C)CS)CS. The highest BCUT2D eigenvalue weighted by Crippen LogP contribution is 2.18. The van der Waals surface area contributed by atoms with Gasteiger partial charge in [-0.05, 0) is 55.1 Å². The summed E-state index contributed by atoms with van der Waals surface area (Å²) in [4.78, 5) is 11.4. The number of allylic oxidation sites excluding steroid dienone is 2. The van der Waals surface area contributed by atoms with E-state index in [0.717, 1.165) is 29.9 Å². The van der Waals surface area contributed by atoms with E-state index in [1.165, 1.54) is 12.5 Å². The van der Waals surface area contributed by atoms with Gasteiger partial charge in [0.2, 0.25) is 0 Å². The van der Waals surface area contributed by atoms with Gasteiger partial charge in [-0.15, -0.1) is 0 Å². The zero-order chi connectivity index (χ0) is 16.1. The van der Waals surface area contributed by atoms with Gasteiger partial charge in [0.05, 0.1) is 6.61 Å². The molecule has 0 aliphatic rings. The van der Waals surface area contributed by atoms with Crippen LogP contribution in [0.25, 0.3) is 0 Å². The van der Waals surface area contributed by atoms with Crippen LogP contribution in [0.5, 0.6) is 0 Å².